The van der Waals surface area contributed by atoms with Gasteiger partial charge in [-0.1, -0.05) is 31.5 Å². The molecule has 0 unspecified atom stereocenters. The number of hydrogen-bond donors (Lipinski definition) is 0. The number of piperidine rings is 2. The van der Waals surface area contributed by atoms with Gasteiger partial charge in [-0.3, -0.25) is 4.79 Å². The maximum Gasteiger partial charge on any atom is 0.253 e. The van der Waals surface area contributed by atoms with Gasteiger partial charge in [0.25, 0.3) is 5.91 Å². The minimum Gasteiger partial charge on any atom is -0.490 e. The number of ether oxygens (including phenoxy) is 1. The van der Waals surface area contributed by atoms with E-state index in [9.17, 15) is 9.18 Å². The fourth-order valence-corrected chi connectivity index (χ4v) is 5.88. The summed E-state index contributed by atoms with van der Waals surface area (Å²) in [4.78, 5) is 17.2. The first kappa shape index (κ1) is 24.3. The molecule has 0 atom stereocenters. The molecule has 1 amide bonds. The van der Waals surface area contributed by atoms with Gasteiger partial charge in [-0.05, 0) is 105 Å². The molecule has 2 heterocycles. The predicted octanol–water partition coefficient (Wildman–Crippen LogP) is 6.40. The van der Waals surface area contributed by atoms with Crippen molar-refractivity contribution in [3.8, 4) is 16.9 Å². The highest BCUT2D eigenvalue weighted by molar-refractivity contribution is 5.94. The zero-order valence-corrected chi connectivity index (χ0v) is 21.1. The van der Waals surface area contributed by atoms with Crippen LogP contribution in [-0.4, -0.2) is 55.0 Å². The molecule has 0 N–H and O–H groups in total. The van der Waals surface area contributed by atoms with Crippen LogP contribution in [0.1, 0.15) is 68.6 Å². The van der Waals surface area contributed by atoms with Crippen LogP contribution in [0.2, 0.25) is 0 Å². The summed E-state index contributed by atoms with van der Waals surface area (Å²) in [7, 11) is 0. The van der Waals surface area contributed by atoms with Gasteiger partial charge in [-0.25, -0.2) is 4.39 Å². The summed E-state index contributed by atoms with van der Waals surface area (Å²) in [6, 6.07) is 12.7. The van der Waals surface area contributed by atoms with Crippen LogP contribution in [0.25, 0.3) is 11.1 Å². The molecule has 188 valence electrons. The third-order valence-electron chi connectivity index (χ3n) is 8.39. The van der Waals surface area contributed by atoms with Gasteiger partial charge in [-0.15, -0.1) is 0 Å². The molecule has 5 rings (SSSR count). The highest BCUT2D eigenvalue weighted by Gasteiger charge is 2.34. The predicted molar refractivity (Wildman–Crippen MR) is 138 cm³/mol. The van der Waals surface area contributed by atoms with E-state index in [1.165, 1.54) is 32.2 Å². The van der Waals surface area contributed by atoms with Crippen LogP contribution in [0.4, 0.5) is 4.39 Å². The van der Waals surface area contributed by atoms with E-state index in [-0.39, 0.29) is 11.7 Å². The van der Waals surface area contributed by atoms with Gasteiger partial charge in [0.15, 0.2) is 11.6 Å². The Morgan fingerprint density at radius 2 is 1.63 bits per heavy atom. The molecule has 3 fully saturated rings. The molecule has 2 aromatic rings. The van der Waals surface area contributed by atoms with Gasteiger partial charge >= 0.3 is 0 Å². The van der Waals surface area contributed by atoms with E-state index < -0.39 is 0 Å². The Labute approximate surface area is 209 Å². The number of rotatable bonds is 7. The molecule has 0 bridgehead atoms. The minimum atomic E-state index is -0.327. The van der Waals surface area contributed by atoms with Crippen LogP contribution in [-0.2, 0) is 0 Å². The number of carbonyl (C=O) groups excluding carboxylic acids is 1. The molecule has 0 spiro atoms. The van der Waals surface area contributed by atoms with Crippen LogP contribution in [0.5, 0.6) is 5.75 Å². The number of hydrogen-bond acceptors (Lipinski definition) is 3. The first-order chi connectivity index (χ1) is 17.0. The second-order valence-electron chi connectivity index (χ2n) is 11.3. The van der Waals surface area contributed by atoms with Gasteiger partial charge in [-0.2, -0.15) is 0 Å². The molecular weight excluding hydrogens is 439 g/mol. The SMILES string of the molecule is CC1(CN2CCC(COc3ccc(-c4ccc(C(=O)N5CCCCC5)cc4)cc3F)CC2)CCC1. The van der Waals surface area contributed by atoms with Crippen molar-refractivity contribution < 1.29 is 13.9 Å². The largest absolute Gasteiger partial charge is 0.490 e. The zero-order valence-electron chi connectivity index (χ0n) is 21.1. The van der Waals surface area contributed by atoms with E-state index in [0.29, 0.717) is 29.3 Å². The first-order valence-corrected chi connectivity index (χ1v) is 13.5. The van der Waals surface area contributed by atoms with Gasteiger partial charge in [0.1, 0.15) is 0 Å². The maximum atomic E-state index is 14.8. The third kappa shape index (κ3) is 5.88. The molecular formula is C30H39FN2O2. The monoisotopic (exact) mass is 478 g/mol. The van der Waals surface area contributed by atoms with Crippen LogP contribution in [0.3, 0.4) is 0 Å². The van der Waals surface area contributed by atoms with E-state index in [4.69, 9.17) is 4.74 Å². The smallest absolute Gasteiger partial charge is 0.253 e. The van der Waals surface area contributed by atoms with Crippen molar-refractivity contribution in [3.05, 3.63) is 53.8 Å². The Morgan fingerprint density at radius 1 is 0.943 bits per heavy atom. The lowest BCUT2D eigenvalue weighted by molar-refractivity contribution is 0.0561. The summed E-state index contributed by atoms with van der Waals surface area (Å²) in [5, 5.41) is 0. The van der Waals surface area contributed by atoms with E-state index in [2.05, 4.69) is 11.8 Å². The average molecular weight is 479 g/mol. The number of amides is 1. The lowest BCUT2D eigenvalue weighted by Gasteiger charge is -2.44. The van der Waals surface area contributed by atoms with E-state index >= 15 is 0 Å². The van der Waals surface area contributed by atoms with E-state index in [0.717, 1.165) is 63.0 Å². The molecule has 2 saturated heterocycles. The third-order valence-corrected chi connectivity index (χ3v) is 8.39. The van der Waals surface area contributed by atoms with Crippen molar-refractivity contribution in [2.75, 3.05) is 39.3 Å². The number of carbonyl (C=O) groups is 1. The molecule has 5 heteroatoms. The molecule has 4 nitrogen and oxygen atoms in total. The van der Waals surface area contributed by atoms with Gasteiger partial charge < -0.3 is 14.5 Å². The molecule has 2 aromatic carbocycles. The Morgan fingerprint density at radius 3 is 2.26 bits per heavy atom. The van der Waals surface area contributed by atoms with Crippen LogP contribution >= 0.6 is 0 Å². The van der Waals surface area contributed by atoms with Gasteiger partial charge in [0.2, 0.25) is 0 Å². The van der Waals surface area contributed by atoms with E-state index in [1.54, 1.807) is 12.1 Å². The quantitative estimate of drug-likeness (QED) is 0.462. The number of nitrogens with zero attached hydrogens (tertiary/aromatic N) is 2. The fourth-order valence-electron chi connectivity index (χ4n) is 5.88. The van der Waals surface area contributed by atoms with Crippen LogP contribution in [0, 0.1) is 17.2 Å². The Hall–Kier alpha value is -2.40. The van der Waals surface area contributed by atoms with Crippen molar-refractivity contribution >= 4 is 5.91 Å². The summed E-state index contributed by atoms with van der Waals surface area (Å²) in [5.74, 6) is 0.583. The van der Waals surface area contributed by atoms with Gasteiger partial charge in [0, 0.05) is 25.2 Å². The minimum absolute atomic E-state index is 0.0919. The highest BCUT2D eigenvalue weighted by Crippen LogP contribution is 2.41. The summed E-state index contributed by atoms with van der Waals surface area (Å²) in [5.41, 5.74) is 2.93. The first-order valence-electron chi connectivity index (χ1n) is 13.5. The summed E-state index contributed by atoms with van der Waals surface area (Å²) >= 11 is 0. The number of halogens is 1. The topological polar surface area (TPSA) is 32.8 Å². The van der Waals surface area contributed by atoms with Crippen molar-refractivity contribution in [3.63, 3.8) is 0 Å². The Kier molecular flexibility index (Phi) is 7.43. The average Bonchev–Trinajstić information content (AvgIpc) is 2.88. The fraction of sp³-hybridized carbons (Fsp3) is 0.567. The lowest BCUT2D eigenvalue weighted by Crippen LogP contribution is -2.44. The molecule has 2 aliphatic heterocycles. The van der Waals surface area contributed by atoms with E-state index in [1.807, 2.05) is 35.2 Å². The molecule has 1 saturated carbocycles. The van der Waals surface area contributed by atoms with Gasteiger partial charge in [0.05, 0.1) is 6.61 Å². The molecule has 35 heavy (non-hydrogen) atoms. The summed E-state index contributed by atoms with van der Waals surface area (Å²) in [6.07, 6.45) is 9.73. The maximum absolute atomic E-state index is 14.8. The van der Waals surface area contributed by atoms with Crippen LogP contribution < -0.4 is 4.74 Å². The van der Waals surface area contributed by atoms with Crippen molar-refractivity contribution in [1.82, 2.24) is 9.80 Å². The molecule has 0 radical (unpaired) electrons. The summed E-state index contributed by atoms with van der Waals surface area (Å²) < 4.78 is 20.7. The molecule has 0 aromatic heterocycles. The number of benzene rings is 2. The standard InChI is InChI=1S/C30H39FN2O2/c1-30(14-5-15-30)22-32-18-12-23(13-19-32)21-35-28-11-10-26(20-27(28)31)24-6-8-25(9-7-24)29(34)33-16-3-2-4-17-33/h6-11,20,23H,2-5,12-19,21-22H2,1H3. The Balaban J connectivity index is 1.12. The molecule has 3 aliphatic rings. The number of likely N-dealkylation sites (tertiary alicyclic amines) is 2. The summed E-state index contributed by atoms with van der Waals surface area (Å²) in [6.45, 7) is 8.15. The second kappa shape index (κ2) is 10.7. The normalized spacial score (nSPS) is 20.9. The molecule has 1 aliphatic carbocycles. The van der Waals surface area contributed by atoms with Crippen molar-refractivity contribution in [2.24, 2.45) is 11.3 Å². The van der Waals surface area contributed by atoms with Crippen molar-refractivity contribution in [1.29, 1.82) is 0 Å². The lowest BCUT2D eigenvalue weighted by atomic mass is 9.70. The van der Waals surface area contributed by atoms with Crippen molar-refractivity contribution in [2.45, 2.75) is 58.3 Å². The zero-order chi connectivity index (χ0) is 24.3. The Bertz CT molecular complexity index is 1000. The highest BCUT2D eigenvalue weighted by atomic mass is 19.1. The second-order valence-corrected chi connectivity index (χ2v) is 11.3. The van der Waals surface area contributed by atoms with Crippen LogP contribution in [0.15, 0.2) is 42.5 Å².